The summed E-state index contributed by atoms with van der Waals surface area (Å²) in [6.45, 7) is 1.06. The summed E-state index contributed by atoms with van der Waals surface area (Å²) in [6, 6.07) is 0. The number of rotatable bonds is 3. The van der Waals surface area contributed by atoms with Crippen molar-refractivity contribution in [3.8, 4) is 0 Å². The number of amides is 1. The Morgan fingerprint density at radius 3 is 2.75 bits per heavy atom. The quantitative estimate of drug-likeness (QED) is 0.574. The predicted molar refractivity (Wildman–Crippen MR) is 35.9 cm³/mol. The molecule has 0 aromatic heterocycles. The smallest absolute Gasteiger partial charge is 0.230 e. The number of halogens is 1. The van der Waals surface area contributed by atoms with Gasteiger partial charge in [0.15, 0.2) is 0 Å². The number of hydrogen-bond acceptors (Lipinski definition) is 2. The molecule has 0 atom stereocenters. The molecule has 0 aromatic rings. The lowest BCUT2D eigenvalue weighted by Gasteiger charge is -1.96. The van der Waals surface area contributed by atoms with Crippen LogP contribution >= 0.6 is 15.9 Å². The number of nitrogens with two attached hydrogens (primary N) is 1. The summed E-state index contributed by atoms with van der Waals surface area (Å²) >= 11 is 2.99. The van der Waals surface area contributed by atoms with Gasteiger partial charge in [0.25, 0.3) is 0 Å². The average molecular weight is 181 g/mol. The van der Waals surface area contributed by atoms with E-state index in [-0.39, 0.29) is 5.91 Å². The van der Waals surface area contributed by atoms with Crippen LogP contribution < -0.4 is 11.1 Å². The number of alkyl halides is 1. The zero-order valence-corrected chi connectivity index (χ0v) is 6.07. The molecule has 0 saturated carbocycles. The van der Waals surface area contributed by atoms with E-state index in [1.807, 2.05) is 0 Å². The summed E-state index contributed by atoms with van der Waals surface area (Å²) in [6.07, 6.45) is 0. The van der Waals surface area contributed by atoms with Crippen LogP contribution in [0.5, 0.6) is 0 Å². The third-order valence-electron chi connectivity index (χ3n) is 0.588. The third kappa shape index (κ3) is 4.08. The molecule has 3 nitrogen and oxygen atoms in total. The minimum Gasteiger partial charge on any atom is -0.354 e. The predicted octanol–water partition coefficient (Wildman–Crippen LogP) is -0.544. The molecule has 8 heavy (non-hydrogen) atoms. The van der Waals surface area contributed by atoms with Crippen molar-refractivity contribution >= 4 is 21.8 Å². The minimum absolute atomic E-state index is 0.0181. The maximum Gasteiger partial charge on any atom is 0.230 e. The molecule has 1 amide bonds. The van der Waals surface area contributed by atoms with Gasteiger partial charge < -0.3 is 11.1 Å². The van der Waals surface area contributed by atoms with Crippen LogP contribution in [0, 0.1) is 0 Å². The van der Waals surface area contributed by atoms with Gasteiger partial charge in [0.2, 0.25) is 5.91 Å². The lowest BCUT2D eigenvalue weighted by atomic mass is 10.6. The fourth-order valence-corrected chi connectivity index (χ4v) is 0.457. The van der Waals surface area contributed by atoms with Crippen LogP contribution in [0.1, 0.15) is 0 Å². The Balaban J connectivity index is 2.99. The molecule has 0 aromatic carbocycles. The summed E-state index contributed by atoms with van der Waals surface area (Å²) in [7, 11) is 0. The molecule has 0 saturated heterocycles. The second-order valence-corrected chi connectivity index (χ2v) is 1.83. The summed E-state index contributed by atoms with van der Waals surface area (Å²) < 4.78 is 0. The first kappa shape index (κ1) is 7.91. The molecule has 4 heteroatoms. The van der Waals surface area contributed by atoms with Crippen LogP contribution in [0.2, 0.25) is 0 Å². The number of carbonyl (C=O) groups is 1. The van der Waals surface area contributed by atoms with Crippen LogP contribution in [0.25, 0.3) is 0 Å². The molecule has 0 radical (unpaired) electrons. The standard InChI is InChI=1S/C4H9BrN2O/c5-3-4(8)7-2-1-6/h1-3,6H2,(H,7,8). The van der Waals surface area contributed by atoms with Crippen LogP contribution in [0.3, 0.4) is 0 Å². The van der Waals surface area contributed by atoms with Gasteiger partial charge in [-0.3, -0.25) is 4.79 Å². The van der Waals surface area contributed by atoms with Crippen LogP contribution in [-0.4, -0.2) is 24.3 Å². The fraction of sp³-hybridized carbons (Fsp3) is 0.750. The van der Waals surface area contributed by atoms with Gasteiger partial charge in [0, 0.05) is 13.1 Å². The summed E-state index contributed by atoms with van der Waals surface area (Å²) in [5, 5.41) is 2.93. The van der Waals surface area contributed by atoms with Crippen LogP contribution in [0.15, 0.2) is 0 Å². The minimum atomic E-state index is -0.0181. The highest BCUT2D eigenvalue weighted by Crippen LogP contribution is 1.75. The molecule has 0 aliphatic carbocycles. The van der Waals surface area contributed by atoms with Crippen molar-refractivity contribution in [1.29, 1.82) is 0 Å². The van der Waals surface area contributed by atoms with Gasteiger partial charge in [0.1, 0.15) is 0 Å². The number of nitrogens with one attached hydrogen (secondary N) is 1. The van der Waals surface area contributed by atoms with Crippen LogP contribution in [0.4, 0.5) is 0 Å². The molecule has 0 bridgehead atoms. The van der Waals surface area contributed by atoms with Crippen molar-refractivity contribution in [2.45, 2.75) is 0 Å². The first-order valence-electron chi connectivity index (χ1n) is 2.34. The Labute approximate surface area is 56.8 Å². The van der Waals surface area contributed by atoms with Gasteiger partial charge in [-0.15, -0.1) is 0 Å². The first-order chi connectivity index (χ1) is 3.81. The largest absolute Gasteiger partial charge is 0.354 e. The Bertz CT molecular complexity index is 76.4. The second-order valence-electron chi connectivity index (χ2n) is 1.27. The van der Waals surface area contributed by atoms with Gasteiger partial charge in [-0.1, -0.05) is 15.9 Å². The first-order valence-corrected chi connectivity index (χ1v) is 3.46. The van der Waals surface area contributed by atoms with E-state index in [0.717, 1.165) is 0 Å². The highest BCUT2D eigenvalue weighted by molar-refractivity contribution is 9.09. The molecular formula is C4H9BrN2O. The highest BCUT2D eigenvalue weighted by atomic mass is 79.9. The maximum absolute atomic E-state index is 10.4. The fourth-order valence-electron chi connectivity index (χ4n) is 0.259. The normalized spacial score (nSPS) is 8.75. The van der Waals surface area contributed by atoms with E-state index in [1.165, 1.54) is 0 Å². The Morgan fingerprint density at radius 2 is 2.38 bits per heavy atom. The van der Waals surface area contributed by atoms with E-state index in [0.29, 0.717) is 18.4 Å². The molecular weight excluding hydrogens is 172 g/mol. The lowest BCUT2D eigenvalue weighted by molar-refractivity contribution is -0.118. The molecule has 0 aliphatic rings. The summed E-state index contributed by atoms with van der Waals surface area (Å²) in [5.41, 5.74) is 5.10. The molecule has 0 aliphatic heterocycles. The van der Waals surface area contributed by atoms with Crippen molar-refractivity contribution in [3.05, 3.63) is 0 Å². The summed E-state index contributed by atoms with van der Waals surface area (Å²) in [5.74, 6) is -0.0181. The molecule has 3 N–H and O–H groups in total. The van der Waals surface area contributed by atoms with E-state index < -0.39 is 0 Å². The monoisotopic (exact) mass is 180 g/mol. The van der Waals surface area contributed by atoms with Crippen molar-refractivity contribution in [3.63, 3.8) is 0 Å². The zero-order chi connectivity index (χ0) is 6.41. The van der Waals surface area contributed by atoms with E-state index >= 15 is 0 Å². The Morgan fingerprint density at radius 1 is 1.75 bits per heavy atom. The second kappa shape index (κ2) is 5.05. The molecule has 0 fully saturated rings. The third-order valence-corrected chi connectivity index (χ3v) is 1.10. The van der Waals surface area contributed by atoms with Gasteiger partial charge >= 0.3 is 0 Å². The van der Waals surface area contributed by atoms with Gasteiger partial charge in [-0.25, -0.2) is 0 Å². The van der Waals surface area contributed by atoms with Crippen LogP contribution in [-0.2, 0) is 4.79 Å². The number of carbonyl (C=O) groups excluding carboxylic acids is 1. The topological polar surface area (TPSA) is 55.1 Å². The van der Waals surface area contributed by atoms with Crippen molar-refractivity contribution in [1.82, 2.24) is 5.32 Å². The van der Waals surface area contributed by atoms with E-state index in [4.69, 9.17) is 5.73 Å². The van der Waals surface area contributed by atoms with Gasteiger partial charge in [-0.05, 0) is 0 Å². The Hall–Kier alpha value is -0.0900. The van der Waals surface area contributed by atoms with E-state index in [9.17, 15) is 4.79 Å². The highest BCUT2D eigenvalue weighted by Gasteiger charge is 1.92. The molecule has 0 unspecified atom stereocenters. The SMILES string of the molecule is NCCNC(=O)CBr. The van der Waals surface area contributed by atoms with Crippen molar-refractivity contribution in [2.24, 2.45) is 5.73 Å². The zero-order valence-electron chi connectivity index (χ0n) is 4.48. The van der Waals surface area contributed by atoms with E-state index in [2.05, 4.69) is 21.2 Å². The van der Waals surface area contributed by atoms with Crippen molar-refractivity contribution in [2.75, 3.05) is 18.4 Å². The maximum atomic E-state index is 10.4. The molecule has 48 valence electrons. The molecule has 0 spiro atoms. The molecule has 0 heterocycles. The molecule has 0 rings (SSSR count). The van der Waals surface area contributed by atoms with Gasteiger partial charge in [0.05, 0.1) is 5.33 Å². The number of hydrogen-bond donors (Lipinski definition) is 2. The van der Waals surface area contributed by atoms with Gasteiger partial charge in [-0.2, -0.15) is 0 Å². The van der Waals surface area contributed by atoms with E-state index in [1.54, 1.807) is 0 Å². The Kier molecular flexibility index (Phi) is 5.00. The summed E-state index contributed by atoms with van der Waals surface area (Å²) in [4.78, 5) is 10.4. The average Bonchev–Trinajstić information content (AvgIpc) is 1.83. The lowest BCUT2D eigenvalue weighted by Crippen LogP contribution is -2.29. The van der Waals surface area contributed by atoms with Crippen molar-refractivity contribution < 1.29 is 4.79 Å².